The van der Waals surface area contributed by atoms with Crippen molar-refractivity contribution < 1.29 is 28.6 Å². The van der Waals surface area contributed by atoms with Crippen LogP contribution in [0, 0.1) is 0 Å². The number of carbonyl (C=O) groups excluding carboxylic acids is 3. The molecule has 0 spiro atoms. The van der Waals surface area contributed by atoms with Crippen molar-refractivity contribution in [3.8, 4) is 0 Å². The molecule has 0 radical (unpaired) electrons. The number of allylic oxidation sites excluding steroid dienone is 24. The van der Waals surface area contributed by atoms with Gasteiger partial charge in [-0.05, 0) is 141 Å². The summed E-state index contributed by atoms with van der Waals surface area (Å²) in [6, 6.07) is 0. The first kappa shape index (κ1) is 76.3. The van der Waals surface area contributed by atoms with Gasteiger partial charge in [0.15, 0.2) is 6.10 Å². The minimum Gasteiger partial charge on any atom is -0.462 e. The fraction of sp³-hybridized carbons (Fsp3) is 0.640. The highest BCUT2D eigenvalue weighted by atomic mass is 16.6. The molecule has 6 nitrogen and oxygen atoms in total. The molecular formula is C75H122O6. The van der Waals surface area contributed by atoms with Crippen molar-refractivity contribution in [2.75, 3.05) is 13.2 Å². The minimum atomic E-state index is -0.815. The summed E-state index contributed by atoms with van der Waals surface area (Å²) in [5.74, 6) is -0.959. The molecule has 1 atom stereocenters. The number of hydrogen-bond donors (Lipinski definition) is 0. The van der Waals surface area contributed by atoms with E-state index in [2.05, 4.69) is 167 Å². The summed E-state index contributed by atoms with van der Waals surface area (Å²) in [6.45, 7) is 6.38. The Balaban J connectivity index is 4.51. The van der Waals surface area contributed by atoms with Crippen molar-refractivity contribution in [2.24, 2.45) is 0 Å². The highest BCUT2D eigenvalue weighted by molar-refractivity contribution is 5.71. The third-order valence-corrected chi connectivity index (χ3v) is 13.8. The van der Waals surface area contributed by atoms with Gasteiger partial charge in [-0.25, -0.2) is 0 Å². The largest absolute Gasteiger partial charge is 0.462 e. The summed E-state index contributed by atoms with van der Waals surface area (Å²) in [6.07, 6.45) is 97.1. The van der Waals surface area contributed by atoms with Crippen LogP contribution >= 0.6 is 0 Å². The molecule has 81 heavy (non-hydrogen) atoms. The molecule has 0 aromatic heterocycles. The quantitative estimate of drug-likeness (QED) is 0.0261. The monoisotopic (exact) mass is 1120 g/mol. The zero-order valence-electron chi connectivity index (χ0n) is 52.5. The van der Waals surface area contributed by atoms with Crippen LogP contribution in [0.2, 0.25) is 0 Å². The fourth-order valence-electron chi connectivity index (χ4n) is 8.88. The molecule has 0 aliphatic rings. The Hall–Kier alpha value is -4.71. The number of unbranched alkanes of at least 4 members (excludes halogenated alkanes) is 24. The van der Waals surface area contributed by atoms with E-state index in [1.54, 1.807) is 0 Å². The van der Waals surface area contributed by atoms with Gasteiger partial charge < -0.3 is 14.2 Å². The lowest BCUT2D eigenvalue weighted by Crippen LogP contribution is -2.30. The van der Waals surface area contributed by atoms with Gasteiger partial charge in [0.1, 0.15) is 13.2 Å². The van der Waals surface area contributed by atoms with Gasteiger partial charge in [0.25, 0.3) is 0 Å². The molecule has 0 rings (SSSR count). The fourth-order valence-corrected chi connectivity index (χ4v) is 8.88. The van der Waals surface area contributed by atoms with Crippen molar-refractivity contribution >= 4 is 17.9 Å². The molecule has 0 saturated carbocycles. The van der Waals surface area contributed by atoms with Crippen LogP contribution in [0.4, 0.5) is 0 Å². The molecule has 0 aliphatic heterocycles. The molecule has 0 aromatic rings. The molecule has 0 amide bonds. The first-order valence-electron chi connectivity index (χ1n) is 33.3. The van der Waals surface area contributed by atoms with Crippen LogP contribution in [0.25, 0.3) is 0 Å². The third-order valence-electron chi connectivity index (χ3n) is 13.8. The number of carbonyl (C=O) groups is 3. The van der Waals surface area contributed by atoms with Gasteiger partial charge in [0.2, 0.25) is 0 Å². The third kappa shape index (κ3) is 66.0. The summed E-state index contributed by atoms with van der Waals surface area (Å²) in [7, 11) is 0. The molecule has 0 fully saturated rings. The Morgan fingerprint density at radius 2 is 0.481 bits per heavy atom. The van der Waals surface area contributed by atoms with Crippen molar-refractivity contribution in [1.82, 2.24) is 0 Å². The molecule has 458 valence electrons. The summed E-state index contributed by atoms with van der Waals surface area (Å²) >= 11 is 0. The van der Waals surface area contributed by atoms with E-state index >= 15 is 0 Å². The second-order valence-electron chi connectivity index (χ2n) is 21.6. The molecule has 1 unspecified atom stereocenters. The Labute approximate surface area is 499 Å². The molecular weight excluding hydrogens is 997 g/mol. The molecule has 0 saturated heterocycles. The number of esters is 3. The standard InChI is InChI=1S/C75H122O6/c1-4-7-10-13-16-19-22-25-28-31-34-36-37-39-41-44-47-50-53-56-59-62-65-68-74(77)80-71-72(70-79-73(76)67-64-61-58-55-52-49-46-43-40-33-30-27-24-21-18-15-12-9-6-3)81-75(78)69-66-63-60-57-54-51-48-45-42-38-35-32-29-26-23-20-17-14-11-8-5-2/h7-8,10-11,16-17,19-20,25-30,34-36,38-39,41,45,48,54,57,72H,4-6,9,12-15,18,21-24,31-33,37,40,42-44,46-47,49-53,55-56,58-71H2,1-3H3/b10-7-,11-8-,19-16-,20-17-,28-25-,29-26-,30-27-,36-34-,38-35-,41-39-,48-45-,57-54-. The second kappa shape index (κ2) is 67.8. The second-order valence-corrected chi connectivity index (χ2v) is 21.6. The van der Waals surface area contributed by atoms with E-state index in [9.17, 15) is 14.4 Å². The average Bonchev–Trinajstić information content (AvgIpc) is 3.47. The van der Waals surface area contributed by atoms with Crippen LogP contribution in [-0.4, -0.2) is 37.2 Å². The smallest absolute Gasteiger partial charge is 0.306 e. The van der Waals surface area contributed by atoms with Crippen molar-refractivity contribution in [2.45, 2.75) is 297 Å². The lowest BCUT2D eigenvalue weighted by molar-refractivity contribution is -0.167. The van der Waals surface area contributed by atoms with E-state index in [-0.39, 0.29) is 37.5 Å². The normalized spacial score (nSPS) is 13.1. The van der Waals surface area contributed by atoms with Gasteiger partial charge in [0, 0.05) is 19.3 Å². The van der Waals surface area contributed by atoms with Crippen molar-refractivity contribution in [1.29, 1.82) is 0 Å². The molecule has 6 heteroatoms. The van der Waals surface area contributed by atoms with E-state index in [0.717, 1.165) is 128 Å². The van der Waals surface area contributed by atoms with E-state index in [0.29, 0.717) is 19.3 Å². The zero-order chi connectivity index (χ0) is 58.5. The summed E-state index contributed by atoms with van der Waals surface area (Å²) in [5.41, 5.74) is 0. The van der Waals surface area contributed by atoms with Crippen molar-refractivity contribution in [3.05, 3.63) is 146 Å². The number of rotatable bonds is 59. The topological polar surface area (TPSA) is 78.9 Å². The summed E-state index contributed by atoms with van der Waals surface area (Å²) in [4.78, 5) is 38.4. The van der Waals surface area contributed by atoms with Crippen LogP contribution in [0.5, 0.6) is 0 Å². The van der Waals surface area contributed by atoms with Crippen LogP contribution in [0.15, 0.2) is 146 Å². The maximum absolute atomic E-state index is 12.9. The lowest BCUT2D eigenvalue weighted by atomic mass is 10.1. The predicted molar refractivity (Wildman–Crippen MR) is 352 cm³/mol. The first-order valence-corrected chi connectivity index (χ1v) is 33.3. The number of ether oxygens (including phenoxy) is 3. The lowest BCUT2D eigenvalue weighted by Gasteiger charge is -2.18. The van der Waals surface area contributed by atoms with E-state index in [1.165, 1.54) is 116 Å². The van der Waals surface area contributed by atoms with E-state index in [1.807, 2.05) is 0 Å². The van der Waals surface area contributed by atoms with Crippen LogP contribution in [0.1, 0.15) is 290 Å². The highest BCUT2D eigenvalue weighted by Crippen LogP contribution is 2.15. The average molecular weight is 1120 g/mol. The van der Waals surface area contributed by atoms with Gasteiger partial charge in [-0.2, -0.15) is 0 Å². The molecule has 0 bridgehead atoms. The first-order chi connectivity index (χ1) is 40.0. The Morgan fingerprint density at radius 1 is 0.259 bits per heavy atom. The van der Waals surface area contributed by atoms with Gasteiger partial charge in [-0.15, -0.1) is 0 Å². The molecule has 0 aliphatic carbocycles. The Kier molecular flexibility index (Phi) is 63.9. The minimum absolute atomic E-state index is 0.105. The Morgan fingerprint density at radius 3 is 0.790 bits per heavy atom. The van der Waals surface area contributed by atoms with Gasteiger partial charge >= 0.3 is 17.9 Å². The molecule has 0 N–H and O–H groups in total. The zero-order valence-corrected chi connectivity index (χ0v) is 52.5. The van der Waals surface area contributed by atoms with E-state index < -0.39 is 6.10 Å². The summed E-state index contributed by atoms with van der Waals surface area (Å²) in [5, 5.41) is 0. The van der Waals surface area contributed by atoms with Gasteiger partial charge in [0.05, 0.1) is 0 Å². The number of hydrogen-bond acceptors (Lipinski definition) is 6. The van der Waals surface area contributed by atoms with Crippen molar-refractivity contribution in [3.63, 3.8) is 0 Å². The maximum atomic E-state index is 12.9. The van der Waals surface area contributed by atoms with Gasteiger partial charge in [-0.1, -0.05) is 276 Å². The van der Waals surface area contributed by atoms with Crippen LogP contribution < -0.4 is 0 Å². The predicted octanol–water partition coefficient (Wildman–Crippen LogP) is 23.1. The van der Waals surface area contributed by atoms with E-state index in [4.69, 9.17) is 14.2 Å². The SMILES string of the molecule is CC/C=C\C/C=C\C/C=C\C/C=C\C/C=C\C/C=C\CCCCC(=O)OC(COC(=O)CCCCCCCCC/C=C\C/C=C\C/C=C\C/C=C\C/C=C\CC)COC(=O)CCCCCCCCCCC/C=C\CCCCCCCC. The maximum Gasteiger partial charge on any atom is 0.306 e. The van der Waals surface area contributed by atoms with Crippen LogP contribution in [-0.2, 0) is 28.6 Å². The Bertz CT molecular complexity index is 1760. The summed E-state index contributed by atoms with van der Waals surface area (Å²) < 4.78 is 16.9. The highest BCUT2D eigenvalue weighted by Gasteiger charge is 2.19. The van der Waals surface area contributed by atoms with Gasteiger partial charge in [-0.3, -0.25) is 14.4 Å². The molecule has 0 heterocycles. The van der Waals surface area contributed by atoms with Crippen LogP contribution in [0.3, 0.4) is 0 Å². The molecule has 0 aromatic carbocycles.